The van der Waals surface area contributed by atoms with Gasteiger partial charge in [0.1, 0.15) is 5.76 Å². The summed E-state index contributed by atoms with van der Waals surface area (Å²) in [6.07, 6.45) is 2.31. The average molecular weight is 191 g/mol. The molecule has 0 amide bonds. The zero-order valence-corrected chi connectivity index (χ0v) is 8.73. The molecule has 76 valence electrons. The summed E-state index contributed by atoms with van der Waals surface area (Å²) in [5.74, 6) is 1.47. The molecule has 2 heteroatoms. The van der Waals surface area contributed by atoms with E-state index in [2.05, 4.69) is 18.5 Å². The maximum atomic E-state index is 5.49. The standard InChI is InChI=1S/C12H17NO/c1-8(2)12-11-9(3)14-7-5-10(11)4-6-13-12/h10,13H,1,3-7H2,2H3. The average Bonchev–Trinajstić information content (AvgIpc) is 2.17. The number of hydrogen-bond donors (Lipinski definition) is 1. The Hall–Kier alpha value is -1.18. The third-order valence-electron chi connectivity index (χ3n) is 2.94. The molecular formula is C12H17NO. The Labute approximate surface area is 85.3 Å². The molecule has 1 unspecified atom stereocenters. The second kappa shape index (κ2) is 3.52. The van der Waals surface area contributed by atoms with Crippen LogP contribution in [0.15, 0.2) is 35.8 Å². The molecule has 2 nitrogen and oxygen atoms in total. The number of allylic oxidation sites excluding steroid dienone is 2. The van der Waals surface area contributed by atoms with Crippen LogP contribution < -0.4 is 5.32 Å². The number of rotatable bonds is 1. The lowest BCUT2D eigenvalue weighted by Crippen LogP contribution is -2.32. The van der Waals surface area contributed by atoms with E-state index in [0.717, 1.165) is 36.6 Å². The molecule has 0 saturated carbocycles. The van der Waals surface area contributed by atoms with Crippen LogP contribution in [0.1, 0.15) is 19.8 Å². The fourth-order valence-corrected chi connectivity index (χ4v) is 2.25. The lowest BCUT2D eigenvalue weighted by Gasteiger charge is -2.34. The molecule has 2 rings (SSSR count). The Morgan fingerprint density at radius 2 is 2.29 bits per heavy atom. The van der Waals surface area contributed by atoms with E-state index in [9.17, 15) is 0 Å². The molecule has 0 spiro atoms. The second-order valence-corrected chi connectivity index (χ2v) is 4.04. The van der Waals surface area contributed by atoms with Crippen LogP contribution in [-0.2, 0) is 4.74 Å². The van der Waals surface area contributed by atoms with E-state index < -0.39 is 0 Å². The van der Waals surface area contributed by atoms with Gasteiger partial charge in [0.05, 0.1) is 6.61 Å². The highest BCUT2D eigenvalue weighted by Gasteiger charge is 2.29. The van der Waals surface area contributed by atoms with Crippen LogP contribution >= 0.6 is 0 Å². The molecule has 2 aliphatic heterocycles. The highest BCUT2D eigenvalue weighted by atomic mass is 16.5. The third-order valence-corrected chi connectivity index (χ3v) is 2.94. The summed E-state index contributed by atoms with van der Waals surface area (Å²) in [5.41, 5.74) is 3.50. The minimum absolute atomic E-state index is 0.629. The topological polar surface area (TPSA) is 21.3 Å². The molecule has 0 bridgehead atoms. The number of ether oxygens (including phenoxy) is 1. The predicted molar refractivity (Wildman–Crippen MR) is 57.7 cm³/mol. The zero-order chi connectivity index (χ0) is 10.1. The molecule has 0 aromatic carbocycles. The van der Waals surface area contributed by atoms with E-state index in [4.69, 9.17) is 4.74 Å². The Kier molecular flexibility index (Phi) is 2.36. The second-order valence-electron chi connectivity index (χ2n) is 4.04. The number of fused-ring (bicyclic) bond motifs is 1. The Balaban J connectivity index is 2.41. The van der Waals surface area contributed by atoms with E-state index in [0.29, 0.717) is 5.92 Å². The molecule has 1 N–H and O–H groups in total. The van der Waals surface area contributed by atoms with Crippen molar-refractivity contribution < 1.29 is 4.74 Å². The molecule has 0 radical (unpaired) electrons. The first-order chi connectivity index (χ1) is 6.70. The Bertz CT molecular complexity index is 314. The van der Waals surface area contributed by atoms with Crippen molar-refractivity contribution in [3.8, 4) is 0 Å². The van der Waals surface area contributed by atoms with Gasteiger partial charge in [-0.2, -0.15) is 0 Å². The fraction of sp³-hybridized carbons (Fsp3) is 0.500. The van der Waals surface area contributed by atoms with Gasteiger partial charge >= 0.3 is 0 Å². The van der Waals surface area contributed by atoms with Crippen molar-refractivity contribution in [2.24, 2.45) is 5.92 Å². The monoisotopic (exact) mass is 191 g/mol. The highest BCUT2D eigenvalue weighted by Crippen LogP contribution is 2.36. The van der Waals surface area contributed by atoms with Crippen molar-refractivity contribution in [3.05, 3.63) is 35.8 Å². The molecule has 2 heterocycles. The molecule has 2 aliphatic rings. The Morgan fingerprint density at radius 3 is 3.00 bits per heavy atom. The Morgan fingerprint density at radius 1 is 1.50 bits per heavy atom. The summed E-state index contributed by atoms with van der Waals surface area (Å²) in [6.45, 7) is 11.8. The van der Waals surface area contributed by atoms with Crippen molar-refractivity contribution in [1.82, 2.24) is 5.32 Å². The van der Waals surface area contributed by atoms with E-state index >= 15 is 0 Å². The van der Waals surface area contributed by atoms with E-state index in [1.54, 1.807) is 0 Å². The smallest absolute Gasteiger partial charge is 0.117 e. The number of hydrogen-bond acceptors (Lipinski definition) is 2. The molecule has 0 aromatic heterocycles. The van der Waals surface area contributed by atoms with Gasteiger partial charge in [0.2, 0.25) is 0 Å². The zero-order valence-electron chi connectivity index (χ0n) is 8.73. The van der Waals surface area contributed by atoms with E-state index in [1.807, 2.05) is 6.92 Å². The summed E-state index contributed by atoms with van der Waals surface area (Å²) < 4.78 is 5.49. The van der Waals surface area contributed by atoms with Crippen molar-refractivity contribution in [2.75, 3.05) is 13.2 Å². The van der Waals surface area contributed by atoms with Gasteiger partial charge in [0, 0.05) is 17.8 Å². The van der Waals surface area contributed by atoms with Crippen molar-refractivity contribution in [3.63, 3.8) is 0 Å². The third kappa shape index (κ3) is 1.45. The van der Waals surface area contributed by atoms with Crippen LogP contribution in [-0.4, -0.2) is 13.2 Å². The van der Waals surface area contributed by atoms with Gasteiger partial charge in [-0.3, -0.25) is 0 Å². The summed E-state index contributed by atoms with van der Waals surface area (Å²) in [4.78, 5) is 0. The lowest BCUT2D eigenvalue weighted by atomic mass is 9.84. The van der Waals surface area contributed by atoms with Gasteiger partial charge in [0.15, 0.2) is 0 Å². The summed E-state index contributed by atoms with van der Waals surface area (Å²) >= 11 is 0. The van der Waals surface area contributed by atoms with Gasteiger partial charge in [-0.15, -0.1) is 0 Å². The summed E-state index contributed by atoms with van der Waals surface area (Å²) in [7, 11) is 0. The van der Waals surface area contributed by atoms with Crippen LogP contribution in [0.5, 0.6) is 0 Å². The number of nitrogens with one attached hydrogen (secondary N) is 1. The van der Waals surface area contributed by atoms with Crippen molar-refractivity contribution in [2.45, 2.75) is 19.8 Å². The van der Waals surface area contributed by atoms with Gasteiger partial charge in [-0.1, -0.05) is 13.2 Å². The predicted octanol–water partition coefficient (Wildman–Crippen LogP) is 2.36. The largest absolute Gasteiger partial charge is 0.494 e. The molecule has 14 heavy (non-hydrogen) atoms. The summed E-state index contributed by atoms with van der Waals surface area (Å²) in [5, 5.41) is 3.39. The molecule has 1 fully saturated rings. The van der Waals surface area contributed by atoms with E-state index in [-0.39, 0.29) is 0 Å². The first-order valence-electron chi connectivity index (χ1n) is 5.16. The van der Waals surface area contributed by atoms with Gasteiger partial charge in [0.25, 0.3) is 0 Å². The minimum Gasteiger partial charge on any atom is -0.494 e. The first-order valence-corrected chi connectivity index (χ1v) is 5.16. The highest BCUT2D eigenvalue weighted by molar-refractivity contribution is 5.42. The van der Waals surface area contributed by atoms with E-state index in [1.165, 1.54) is 12.0 Å². The van der Waals surface area contributed by atoms with Crippen molar-refractivity contribution in [1.29, 1.82) is 0 Å². The maximum absolute atomic E-state index is 5.49. The van der Waals surface area contributed by atoms with Crippen LogP contribution in [0, 0.1) is 5.92 Å². The maximum Gasteiger partial charge on any atom is 0.117 e. The normalized spacial score (nSPS) is 26.4. The van der Waals surface area contributed by atoms with Crippen LogP contribution in [0.25, 0.3) is 0 Å². The first kappa shape index (κ1) is 9.38. The molecule has 0 aliphatic carbocycles. The molecule has 0 aromatic rings. The summed E-state index contributed by atoms with van der Waals surface area (Å²) in [6, 6.07) is 0. The molecule has 1 atom stereocenters. The fourth-order valence-electron chi connectivity index (χ4n) is 2.25. The molecular weight excluding hydrogens is 174 g/mol. The minimum atomic E-state index is 0.629. The lowest BCUT2D eigenvalue weighted by molar-refractivity contribution is 0.161. The van der Waals surface area contributed by atoms with Crippen molar-refractivity contribution >= 4 is 0 Å². The van der Waals surface area contributed by atoms with Crippen LogP contribution in [0.2, 0.25) is 0 Å². The van der Waals surface area contributed by atoms with Gasteiger partial charge < -0.3 is 10.1 Å². The molecule has 1 saturated heterocycles. The quantitative estimate of drug-likeness (QED) is 0.687. The van der Waals surface area contributed by atoms with Gasteiger partial charge in [-0.05, 0) is 31.3 Å². The SMILES string of the molecule is C=C(C)C1=C2C(=C)OCCC2CCN1. The van der Waals surface area contributed by atoms with Crippen LogP contribution in [0.3, 0.4) is 0 Å². The van der Waals surface area contributed by atoms with Crippen LogP contribution in [0.4, 0.5) is 0 Å². The van der Waals surface area contributed by atoms with Gasteiger partial charge in [-0.25, -0.2) is 0 Å².